The molecule has 0 amide bonds. The summed E-state index contributed by atoms with van der Waals surface area (Å²) in [7, 11) is 0. The maximum atomic E-state index is 14.5. The van der Waals surface area contributed by atoms with Gasteiger partial charge in [0.2, 0.25) is 0 Å². The fourth-order valence-corrected chi connectivity index (χ4v) is 5.95. The Kier molecular flexibility index (Phi) is 5.69. The fraction of sp³-hybridized carbons (Fsp3) is 0.480. The average Bonchev–Trinajstić information content (AvgIpc) is 3.56. The molecule has 1 spiro atoms. The number of benzene rings is 2. The number of halogens is 1. The van der Waals surface area contributed by atoms with Crippen LogP contribution in [-0.4, -0.2) is 42.2 Å². The number of rotatable bonds is 7. The summed E-state index contributed by atoms with van der Waals surface area (Å²) in [5.41, 5.74) is 3.35. The molecule has 0 atom stereocenters. The van der Waals surface area contributed by atoms with Crippen molar-refractivity contribution in [1.82, 2.24) is 4.90 Å². The van der Waals surface area contributed by atoms with E-state index in [1.165, 1.54) is 24.0 Å². The Bertz CT molecular complexity index is 983. The number of ether oxygens (including phenoxy) is 1. The standard InChI is InChI=1S/C25H28FNO3S/c26-22-3-1-2-19(17-4-5-17)20(22)15-31-18-6-7-21-23(14-18)30-16-25(21)9-12-27(13-10-25)11-8-24(28)29/h1-3,6-7,14,17H,4-5,8-13,15-16H2,(H,28,29). The number of thioether (sulfide) groups is 1. The Balaban J connectivity index is 1.25. The highest BCUT2D eigenvalue weighted by atomic mass is 32.2. The Hall–Kier alpha value is -2.05. The zero-order valence-corrected chi connectivity index (χ0v) is 18.4. The van der Waals surface area contributed by atoms with E-state index >= 15 is 0 Å². The number of aliphatic carboxylic acids is 1. The van der Waals surface area contributed by atoms with Gasteiger partial charge < -0.3 is 14.7 Å². The third kappa shape index (κ3) is 4.33. The Morgan fingerprint density at radius 2 is 2.03 bits per heavy atom. The first-order valence-electron chi connectivity index (χ1n) is 11.2. The summed E-state index contributed by atoms with van der Waals surface area (Å²) in [6.07, 6.45) is 4.52. The van der Waals surface area contributed by atoms with Gasteiger partial charge in [0.25, 0.3) is 0 Å². The topological polar surface area (TPSA) is 49.8 Å². The van der Waals surface area contributed by atoms with Crippen LogP contribution >= 0.6 is 11.8 Å². The van der Waals surface area contributed by atoms with Crippen molar-refractivity contribution >= 4 is 17.7 Å². The van der Waals surface area contributed by atoms with Gasteiger partial charge in [0.15, 0.2) is 0 Å². The summed E-state index contributed by atoms with van der Waals surface area (Å²) in [4.78, 5) is 14.2. The van der Waals surface area contributed by atoms with Gasteiger partial charge in [-0.15, -0.1) is 11.8 Å². The first-order chi connectivity index (χ1) is 15.0. The van der Waals surface area contributed by atoms with Gasteiger partial charge in [0.1, 0.15) is 11.6 Å². The van der Waals surface area contributed by atoms with E-state index < -0.39 is 5.97 Å². The molecule has 5 rings (SSSR count). The summed E-state index contributed by atoms with van der Waals surface area (Å²) in [5, 5.41) is 8.91. The first kappa shape index (κ1) is 20.8. The van der Waals surface area contributed by atoms with Gasteiger partial charge in [0, 0.05) is 33.7 Å². The lowest BCUT2D eigenvalue weighted by Gasteiger charge is -2.38. The molecule has 164 valence electrons. The molecule has 0 unspecified atom stereocenters. The van der Waals surface area contributed by atoms with Gasteiger partial charge in [0.05, 0.1) is 13.0 Å². The maximum Gasteiger partial charge on any atom is 0.304 e. The molecule has 1 saturated carbocycles. The molecule has 0 radical (unpaired) electrons. The van der Waals surface area contributed by atoms with E-state index in [0.717, 1.165) is 42.1 Å². The molecule has 2 fully saturated rings. The smallest absolute Gasteiger partial charge is 0.304 e. The van der Waals surface area contributed by atoms with E-state index in [-0.39, 0.29) is 17.7 Å². The molecule has 4 nitrogen and oxygen atoms in total. The van der Waals surface area contributed by atoms with Crippen molar-refractivity contribution in [3.8, 4) is 5.75 Å². The van der Waals surface area contributed by atoms with Crippen LogP contribution in [0.1, 0.15) is 54.7 Å². The molecule has 3 aliphatic rings. The van der Waals surface area contributed by atoms with Crippen LogP contribution in [0, 0.1) is 5.82 Å². The number of carbonyl (C=O) groups is 1. The predicted molar refractivity (Wildman–Crippen MR) is 119 cm³/mol. The molecule has 2 heterocycles. The van der Waals surface area contributed by atoms with E-state index in [1.807, 2.05) is 6.07 Å². The van der Waals surface area contributed by atoms with Crippen molar-refractivity contribution in [3.05, 3.63) is 58.9 Å². The third-order valence-corrected chi connectivity index (χ3v) is 8.06. The molecule has 1 saturated heterocycles. The molecular formula is C25H28FNO3S. The predicted octanol–water partition coefficient (Wildman–Crippen LogP) is 5.20. The molecule has 1 N–H and O–H groups in total. The average molecular weight is 442 g/mol. The Labute approximate surface area is 186 Å². The zero-order valence-electron chi connectivity index (χ0n) is 17.6. The van der Waals surface area contributed by atoms with Gasteiger partial charge in [-0.25, -0.2) is 4.39 Å². The van der Waals surface area contributed by atoms with Crippen molar-refractivity contribution < 1.29 is 19.0 Å². The summed E-state index contributed by atoms with van der Waals surface area (Å²) in [6.45, 7) is 3.13. The van der Waals surface area contributed by atoms with Crippen LogP contribution in [0.4, 0.5) is 4.39 Å². The van der Waals surface area contributed by atoms with Crippen LogP contribution in [0.25, 0.3) is 0 Å². The Morgan fingerprint density at radius 1 is 1.23 bits per heavy atom. The molecule has 6 heteroatoms. The molecule has 0 bridgehead atoms. The largest absolute Gasteiger partial charge is 0.492 e. The van der Waals surface area contributed by atoms with E-state index in [2.05, 4.69) is 29.2 Å². The van der Waals surface area contributed by atoms with Crippen molar-refractivity contribution in [1.29, 1.82) is 0 Å². The first-order valence-corrected chi connectivity index (χ1v) is 12.1. The number of likely N-dealkylation sites (tertiary alicyclic amines) is 1. The number of carboxylic acids is 1. The second kappa shape index (κ2) is 8.47. The molecule has 1 aliphatic carbocycles. The normalized spacial score (nSPS) is 19.9. The van der Waals surface area contributed by atoms with Gasteiger partial charge in [-0.2, -0.15) is 0 Å². The van der Waals surface area contributed by atoms with Gasteiger partial charge in [-0.05, 0) is 68.5 Å². The van der Waals surface area contributed by atoms with Crippen LogP contribution < -0.4 is 4.74 Å². The second-order valence-electron chi connectivity index (χ2n) is 9.08. The summed E-state index contributed by atoms with van der Waals surface area (Å²) < 4.78 is 20.6. The number of carboxylic acid groups (broad SMARTS) is 1. The fourth-order valence-electron chi connectivity index (χ4n) is 4.98. The lowest BCUT2D eigenvalue weighted by Crippen LogP contribution is -2.44. The van der Waals surface area contributed by atoms with Gasteiger partial charge >= 0.3 is 5.97 Å². The summed E-state index contributed by atoms with van der Waals surface area (Å²) in [5.74, 6) is 1.30. The minimum atomic E-state index is -0.737. The highest BCUT2D eigenvalue weighted by molar-refractivity contribution is 7.98. The summed E-state index contributed by atoms with van der Waals surface area (Å²) >= 11 is 1.67. The molecule has 2 aliphatic heterocycles. The molecular weight excluding hydrogens is 413 g/mol. The summed E-state index contributed by atoms with van der Waals surface area (Å²) in [6, 6.07) is 11.9. The third-order valence-electron chi connectivity index (χ3n) is 7.04. The zero-order chi connectivity index (χ0) is 21.4. The highest BCUT2D eigenvalue weighted by Gasteiger charge is 2.43. The van der Waals surface area contributed by atoms with Crippen LogP contribution in [-0.2, 0) is 16.0 Å². The van der Waals surface area contributed by atoms with Gasteiger partial charge in [-0.3, -0.25) is 4.79 Å². The lowest BCUT2D eigenvalue weighted by atomic mass is 9.74. The Morgan fingerprint density at radius 3 is 2.77 bits per heavy atom. The second-order valence-corrected chi connectivity index (χ2v) is 10.1. The molecule has 31 heavy (non-hydrogen) atoms. The van der Waals surface area contributed by atoms with E-state index in [9.17, 15) is 9.18 Å². The van der Waals surface area contributed by atoms with Crippen molar-refractivity contribution in [2.24, 2.45) is 0 Å². The molecule has 2 aromatic carbocycles. The molecule has 2 aromatic rings. The number of piperidine rings is 1. The molecule has 0 aromatic heterocycles. The van der Waals surface area contributed by atoms with E-state index in [0.29, 0.717) is 24.8 Å². The van der Waals surface area contributed by atoms with Crippen molar-refractivity contribution in [2.75, 3.05) is 26.2 Å². The van der Waals surface area contributed by atoms with Gasteiger partial charge in [-0.1, -0.05) is 18.2 Å². The number of hydrogen-bond donors (Lipinski definition) is 1. The number of nitrogens with zero attached hydrogens (tertiary/aromatic N) is 1. The van der Waals surface area contributed by atoms with Crippen LogP contribution in [0.5, 0.6) is 5.75 Å². The SMILES string of the molecule is O=C(O)CCN1CCC2(CC1)COc1cc(SCc3c(F)cccc3C3CC3)ccc12. The van der Waals surface area contributed by atoms with E-state index in [4.69, 9.17) is 9.84 Å². The minimum absolute atomic E-state index is 0.0446. The van der Waals surface area contributed by atoms with Crippen molar-refractivity contribution in [3.63, 3.8) is 0 Å². The maximum absolute atomic E-state index is 14.5. The lowest BCUT2D eigenvalue weighted by molar-refractivity contribution is -0.137. The van der Waals surface area contributed by atoms with Crippen LogP contribution in [0.2, 0.25) is 0 Å². The number of hydrogen-bond acceptors (Lipinski definition) is 4. The number of fused-ring (bicyclic) bond motifs is 2. The quantitative estimate of drug-likeness (QED) is 0.599. The van der Waals surface area contributed by atoms with Crippen LogP contribution in [0.15, 0.2) is 41.3 Å². The minimum Gasteiger partial charge on any atom is -0.492 e. The van der Waals surface area contributed by atoms with Crippen LogP contribution in [0.3, 0.4) is 0 Å². The van der Waals surface area contributed by atoms with E-state index in [1.54, 1.807) is 17.8 Å². The highest BCUT2D eigenvalue weighted by Crippen LogP contribution is 2.47. The van der Waals surface area contributed by atoms with Crippen molar-refractivity contribution in [2.45, 2.75) is 54.1 Å². The monoisotopic (exact) mass is 441 g/mol.